The summed E-state index contributed by atoms with van der Waals surface area (Å²) in [5.41, 5.74) is 4.66. The molecule has 0 atom stereocenters. The van der Waals surface area contributed by atoms with Crippen molar-refractivity contribution in [3.8, 4) is 11.5 Å². The van der Waals surface area contributed by atoms with Gasteiger partial charge in [0.1, 0.15) is 23.2 Å². The molecule has 5 aromatic rings. The van der Waals surface area contributed by atoms with Crippen molar-refractivity contribution in [3.05, 3.63) is 137 Å². The Kier molecular flexibility index (Phi) is 8.00. The van der Waals surface area contributed by atoms with E-state index in [2.05, 4.69) is 19.6 Å². The first kappa shape index (κ1) is 28.6. The summed E-state index contributed by atoms with van der Waals surface area (Å²) < 4.78 is 27.1. The van der Waals surface area contributed by atoms with Crippen LogP contribution in [0.15, 0.2) is 103 Å². The number of halogens is 1. The summed E-state index contributed by atoms with van der Waals surface area (Å²) in [4.78, 5) is 20.8. The molecule has 0 saturated carbocycles. The number of aromatic nitrogens is 1. The molecule has 7 heteroatoms. The van der Waals surface area contributed by atoms with Crippen LogP contribution in [-0.4, -0.2) is 30.5 Å². The van der Waals surface area contributed by atoms with Crippen molar-refractivity contribution in [2.75, 3.05) is 6.61 Å². The van der Waals surface area contributed by atoms with Crippen molar-refractivity contribution >= 4 is 24.9 Å². The predicted octanol–water partition coefficient (Wildman–Crippen LogP) is 8.42. The Labute approximate surface area is 252 Å². The zero-order valence-corrected chi connectivity index (χ0v) is 25.7. The molecule has 219 valence electrons. The standard InChI is InChI=1S/C36H35FN2O3Si/c1-43(2,3)22-21-41-34-29-15-10-20-38-32(29)35(42-33(26-11-6-4-7-12-26)27-13-8-5-9-14-27)31-30(34)24-39(36(31)40)23-25-16-18-28(37)19-17-25/h4-20,33H,21-24H2,1-3H3/q-1. The molecular formula is C36H35FN2O3Si-. The Balaban J connectivity index is 1.49. The highest BCUT2D eigenvalue weighted by molar-refractivity contribution is 6.76. The molecular weight excluding hydrogens is 555 g/mol. The summed E-state index contributed by atoms with van der Waals surface area (Å²) in [6.07, 6.45) is 1.26. The molecule has 1 aliphatic heterocycles. The third kappa shape index (κ3) is 6.18. The van der Waals surface area contributed by atoms with E-state index >= 15 is 0 Å². The van der Waals surface area contributed by atoms with Crippen LogP contribution < -0.4 is 9.47 Å². The van der Waals surface area contributed by atoms with Crippen molar-refractivity contribution in [2.45, 2.75) is 44.9 Å². The largest absolute Gasteiger partial charge is 0.495 e. The molecule has 0 saturated heterocycles. The third-order valence-corrected chi connectivity index (χ3v) is 9.45. The first-order valence-corrected chi connectivity index (χ1v) is 18.4. The van der Waals surface area contributed by atoms with Crippen LogP contribution in [0.1, 0.15) is 38.7 Å². The van der Waals surface area contributed by atoms with Crippen molar-refractivity contribution < 1.29 is 18.7 Å². The maximum atomic E-state index is 14.3. The normalized spacial score (nSPS) is 13.0. The number of fused-ring (bicyclic) bond motifs is 2. The molecule has 1 aliphatic rings. The van der Waals surface area contributed by atoms with Crippen LogP contribution in [0.2, 0.25) is 25.7 Å². The van der Waals surface area contributed by atoms with Crippen molar-refractivity contribution in [2.24, 2.45) is 0 Å². The number of nitrogens with zero attached hydrogens (tertiary/aromatic N) is 2. The van der Waals surface area contributed by atoms with Crippen LogP contribution in [-0.2, 0) is 13.1 Å². The second-order valence-corrected chi connectivity index (χ2v) is 17.8. The monoisotopic (exact) mass is 590 g/mol. The molecule has 0 bridgehead atoms. The Bertz CT molecular complexity index is 1700. The van der Waals surface area contributed by atoms with Gasteiger partial charge in [0.2, 0.25) is 0 Å². The van der Waals surface area contributed by atoms with Gasteiger partial charge in [0.15, 0.2) is 5.75 Å². The van der Waals surface area contributed by atoms with E-state index in [9.17, 15) is 9.18 Å². The van der Waals surface area contributed by atoms with Gasteiger partial charge in [0.05, 0.1) is 18.7 Å². The van der Waals surface area contributed by atoms with Crippen molar-refractivity contribution in [1.82, 2.24) is 9.88 Å². The number of amides is 1. The molecule has 0 radical (unpaired) electrons. The predicted molar refractivity (Wildman–Crippen MR) is 171 cm³/mol. The second-order valence-electron chi connectivity index (χ2n) is 12.2. The highest BCUT2D eigenvalue weighted by Gasteiger charge is 2.37. The molecule has 1 aromatic heterocycles. The lowest BCUT2D eigenvalue weighted by Crippen LogP contribution is -2.23. The maximum absolute atomic E-state index is 14.3. The smallest absolute Gasteiger partial charge is 0.258 e. The SMILES string of the molecule is C[Si-](C)(C)CCOc1c2c(c(OC(c3ccccc3)c3ccccc3)c3ncccc13)C(=O)N(Cc1ccc(F)cc1)C2. The van der Waals surface area contributed by atoms with Crippen molar-refractivity contribution in [1.29, 1.82) is 0 Å². The van der Waals surface area contributed by atoms with Gasteiger partial charge in [0.25, 0.3) is 5.91 Å². The maximum Gasteiger partial charge on any atom is 0.258 e. The Morgan fingerprint density at radius 3 is 2.14 bits per heavy atom. The van der Waals surface area contributed by atoms with E-state index in [1.165, 1.54) is 12.1 Å². The zero-order valence-electron chi connectivity index (χ0n) is 24.7. The highest BCUT2D eigenvalue weighted by Crippen LogP contribution is 2.46. The molecule has 0 N–H and O–H groups in total. The average Bonchev–Trinajstić information content (AvgIpc) is 3.33. The van der Waals surface area contributed by atoms with E-state index in [0.29, 0.717) is 42.3 Å². The molecule has 6 rings (SSSR count). The number of carbonyl (C=O) groups excluding carboxylic acids is 1. The number of carbonyl (C=O) groups is 1. The molecule has 1 amide bonds. The van der Waals surface area contributed by atoms with Crippen molar-refractivity contribution in [3.63, 3.8) is 0 Å². The molecule has 2 heterocycles. The van der Waals surface area contributed by atoms with E-state index in [4.69, 9.17) is 14.5 Å². The minimum absolute atomic E-state index is 0.156. The fourth-order valence-electron chi connectivity index (χ4n) is 5.48. The summed E-state index contributed by atoms with van der Waals surface area (Å²) in [6, 6.07) is 31.2. The van der Waals surface area contributed by atoms with Gasteiger partial charge < -0.3 is 14.4 Å². The molecule has 4 aromatic carbocycles. The van der Waals surface area contributed by atoms with Crippen LogP contribution in [0.3, 0.4) is 0 Å². The number of hydrogen-bond acceptors (Lipinski definition) is 4. The lowest BCUT2D eigenvalue weighted by molar-refractivity contribution is 0.0762. The van der Waals surface area contributed by atoms with Gasteiger partial charge in [-0.05, 0) is 41.0 Å². The molecule has 5 nitrogen and oxygen atoms in total. The van der Waals surface area contributed by atoms with Gasteiger partial charge in [-0.1, -0.05) is 72.8 Å². The van der Waals surface area contributed by atoms with E-state index in [1.807, 2.05) is 72.8 Å². The fourth-order valence-corrected chi connectivity index (χ4v) is 6.19. The topological polar surface area (TPSA) is 51.7 Å². The molecule has 0 spiro atoms. The van der Waals surface area contributed by atoms with Crippen LogP contribution in [0, 0.1) is 5.82 Å². The Morgan fingerprint density at radius 1 is 0.860 bits per heavy atom. The molecule has 0 fully saturated rings. The Morgan fingerprint density at radius 2 is 1.51 bits per heavy atom. The molecule has 0 unspecified atom stereocenters. The Hall–Kier alpha value is -4.49. The summed E-state index contributed by atoms with van der Waals surface area (Å²) in [6.45, 7) is 8.22. The summed E-state index contributed by atoms with van der Waals surface area (Å²) in [5.74, 6) is 0.678. The minimum atomic E-state index is -1.37. The first-order valence-electron chi connectivity index (χ1n) is 14.6. The summed E-state index contributed by atoms with van der Waals surface area (Å²) in [5, 5.41) is 0.822. The molecule has 43 heavy (non-hydrogen) atoms. The number of benzene rings is 4. The average molecular weight is 591 g/mol. The second kappa shape index (κ2) is 12.0. The quantitative estimate of drug-likeness (QED) is 0.153. The molecule has 0 aliphatic carbocycles. The van der Waals surface area contributed by atoms with Gasteiger partial charge >= 0.3 is 0 Å². The number of hydrogen-bond donors (Lipinski definition) is 0. The van der Waals surface area contributed by atoms with Gasteiger partial charge in [-0.2, -0.15) is 19.6 Å². The minimum Gasteiger partial charge on any atom is -0.495 e. The lowest BCUT2D eigenvalue weighted by Gasteiger charge is -2.28. The van der Waals surface area contributed by atoms with E-state index < -0.39 is 14.2 Å². The van der Waals surface area contributed by atoms with Gasteiger partial charge in [-0.15, -0.1) is 14.1 Å². The van der Waals surface area contributed by atoms with Gasteiger partial charge in [-0.3, -0.25) is 9.78 Å². The number of rotatable bonds is 10. The number of pyridine rings is 1. The van der Waals surface area contributed by atoms with Crippen LogP contribution in [0.5, 0.6) is 11.5 Å². The van der Waals surface area contributed by atoms with Gasteiger partial charge in [0, 0.05) is 23.7 Å². The van der Waals surface area contributed by atoms with Crippen LogP contribution in [0.4, 0.5) is 4.39 Å². The van der Waals surface area contributed by atoms with E-state index in [-0.39, 0.29) is 11.7 Å². The highest BCUT2D eigenvalue weighted by atomic mass is 28.3. The number of ether oxygens (including phenoxy) is 2. The van der Waals surface area contributed by atoms with Crippen LogP contribution >= 0.6 is 0 Å². The van der Waals surface area contributed by atoms with Gasteiger partial charge in [-0.25, -0.2) is 4.39 Å². The summed E-state index contributed by atoms with van der Waals surface area (Å²) in [7, 11) is -1.37. The first-order chi connectivity index (χ1) is 20.8. The van der Waals surface area contributed by atoms with E-state index in [0.717, 1.165) is 33.7 Å². The third-order valence-electron chi connectivity index (χ3n) is 7.75. The zero-order chi connectivity index (χ0) is 30.0. The summed E-state index contributed by atoms with van der Waals surface area (Å²) >= 11 is 0. The van der Waals surface area contributed by atoms with Crippen LogP contribution in [0.25, 0.3) is 10.9 Å². The lowest BCUT2D eigenvalue weighted by atomic mass is 9.99. The fraction of sp³-hybridized carbons (Fsp3) is 0.222. The van der Waals surface area contributed by atoms with E-state index in [1.54, 1.807) is 23.2 Å².